The zero-order chi connectivity index (χ0) is 22.6. The molecule has 1 aromatic heterocycles. The van der Waals surface area contributed by atoms with E-state index in [1.54, 1.807) is 27.9 Å². The molecular weight excluding hydrogens is 450 g/mol. The number of carbonyl (C=O) groups excluding carboxylic acids is 2. The van der Waals surface area contributed by atoms with E-state index in [2.05, 4.69) is 4.98 Å². The highest BCUT2D eigenvalue weighted by Gasteiger charge is 2.42. The number of aryl methyl sites for hydroxylation is 1. The van der Waals surface area contributed by atoms with Gasteiger partial charge >= 0.3 is 0 Å². The molecule has 2 aliphatic heterocycles. The van der Waals surface area contributed by atoms with Crippen LogP contribution in [0.4, 0.5) is 0 Å². The molecule has 0 bridgehead atoms. The molecule has 2 aliphatic rings. The van der Waals surface area contributed by atoms with Gasteiger partial charge < -0.3 is 19.3 Å². The van der Waals surface area contributed by atoms with Crippen molar-refractivity contribution < 1.29 is 19.1 Å². The van der Waals surface area contributed by atoms with Crippen molar-refractivity contribution in [2.75, 3.05) is 39.4 Å². The average molecular weight is 478 g/mol. The predicted octanol–water partition coefficient (Wildman–Crippen LogP) is 3.80. The van der Waals surface area contributed by atoms with Crippen molar-refractivity contribution in [3.8, 4) is 5.75 Å². The number of piperidine rings is 1. The van der Waals surface area contributed by atoms with Crippen LogP contribution in [-0.2, 0) is 9.53 Å². The second-order valence-electron chi connectivity index (χ2n) is 8.45. The lowest BCUT2D eigenvalue weighted by molar-refractivity contribution is -0.153. The van der Waals surface area contributed by atoms with Crippen LogP contribution in [0.15, 0.2) is 29.1 Å². The highest BCUT2D eigenvalue weighted by molar-refractivity contribution is 7.07. The van der Waals surface area contributed by atoms with Gasteiger partial charge in [-0.15, -0.1) is 11.3 Å². The summed E-state index contributed by atoms with van der Waals surface area (Å²) in [6, 6.07) is 5.46. The quantitative estimate of drug-likeness (QED) is 0.632. The second kappa shape index (κ2) is 10.2. The molecule has 0 aliphatic carbocycles. The number of likely N-dealkylation sites (tertiary alicyclic amines) is 1. The van der Waals surface area contributed by atoms with Gasteiger partial charge in [-0.2, -0.15) is 0 Å². The van der Waals surface area contributed by atoms with Gasteiger partial charge in [0.25, 0.3) is 5.91 Å². The number of benzene rings is 1. The minimum Gasteiger partial charge on any atom is -0.490 e. The Bertz CT molecular complexity index is 949. The minimum absolute atomic E-state index is 0.0449. The Morgan fingerprint density at radius 3 is 2.75 bits per heavy atom. The number of hydrogen-bond donors (Lipinski definition) is 0. The normalized spacial score (nSPS) is 21.4. The van der Waals surface area contributed by atoms with E-state index in [1.165, 1.54) is 11.3 Å². The van der Waals surface area contributed by atoms with Crippen LogP contribution in [0.3, 0.4) is 0 Å². The van der Waals surface area contributed by atoms with Crippen molar-refractivity contribution in [2.45, 2.75) is 38.2 Å². The van der Waals surface area contributed by atoms with Crippen molar-refractivity contribution in [2.24, 2.45) is 0 Å². The van der Waals surface area contributed by atoms with Crippen LogP contribution in [-0.4, -0.2) is 71.6 Å². The largest absolute Gasteiger partial charge is 0.490 e. The van der Waals surface area contributed by atoms with E-state index >= 15 is 0 Å². The molecule has 0 saturated carbocycles. The van der Waals surface area contributed by atoms with Crippen LogP contribution < -0.4 is 4.74 Å². The van der Waals surface area contributed by atoms with Gasteiger partial charge in [0.15, 0.2) is 0 Å². The number of halogens is 1. The zero-order valence-electron chi connectivity index (χ0n) is 18.2. The Morgan fingerprint density at radius 2 is 2.03 bits per heavy atom. The van der Waals surface area contributed by atoms with E-state index in [9.17, 15) is 9.59 Å². The summed E-state index contributed by atoms with van der Waals surface area (Å²) in [7, 11) is 0. The van der Waals surface area contributed by atoms with Gasteiger partial charge in [0.05, 0.1) is 25.1 Å². The van der Waals surface area contributed by atoms with Gasteiger partial charge in [-0.3, -0.25) is 9.59 Å². The number of thiazole rings is 1. The molecule has 0 spiro atoms. The average Bonchev–Trinajstić information content (AvgIpc) is 3.35. The Morgan fingerprint density at radius 1 is 1.22 bits per heavy atom. The first-order valence-electron chi connectivity index (χ1n) is 10.9. The number of ether oxygens (including phenoxy) is 2. The first-order valence-corrected chi connectivity index (χ1v) is 12.3. The fraction of sp³-hybridized carbons (Fsp3) is 0.522. The summed E-state index contributed by atoms with van der Waals surface area (Å²) < 4.78 is 12.3. The maximum absolute atomic E-state index is 13.1. The Balaban J connectivity index is 1.52. The SMILES string of the molecule is Cc1cc(OCC2(CC(=O)N3CCCCC3)CN(C(=O)c3cscn3)CCO2)ccc1Cl. The third-order valence-corrected chi connectivity index (χ3v) is 7.01. The van der Waals surface area contributed by atoms with Crippen molar-refractivity contribution in [3.05, 3.63) is 45.4 Å². The summed E-state index contributed by atoms with van der Waals surface area (Å²) >= 11 is 7.52. The van der Waals surface area contributed by atoms with Crippen molar-refractivity contribution >= 4 is 34.8 Å². The molecule has 2 fully saturated rings. The molecule has 3 heterocycles. The first kappa shape index (κ1) is 23.0. The lowest BCUT2D eigenvalue weighted by Crippen LogP contribution is -2.58. The fourth-order valence-corrected chi connectivity index (χ4v) is 4.84. The van der Waals surface area contributed by atoms with E-state index in [-0.39, 0.29) is 31.4 Å². The standard InChI is InChI=1S/C23H28ClN3O4S/c1-17-11-18(5-6-19(17)24)30-15-23(12-21(28)26-7-3-2-4-8-26)14-27(9-10-31-23)22(29)20-13-32-16-25-20/h5-6,11,13,16H,2-4,7-10,12,14-15H2,1H3. The Hall–Kier alpha value is -2.16. The molecule has 0 radical (unpaired) electrons. The molecular formula is C23H28ClN3O4S. The number of morpholine rings is 1. The number of carbonyl (C=O) groups is 2. The minimum atomic E-state index is -0.925. The van der Waals surface area contributed by atoms with Crippen LogP contribution in [0.2, 0.25) is 5.02 Å². The summed E-state index contributed by atoms with van der Waals surface area (Å²) in [5.41, 5.74) is 2.05. The van der Waals surface area contributed by atoms with Crippen LogP contribution in [0.5, 0.6) is 5.75 Å². The molecule has 9 heteroatoms. The molecule has 172 valence electrons. The molecule has 1 aromatic carbocycles. The Labute approximate surface area is 197 Å². The number of nitrogens with zero attached hydrogens (tertiary/aromatic N) is 3. The number of amides is 2. The maximum atomic E-state index is 13.1. The van der Waals surface area contributed by atoms with Crippen LogP contribution >= 0.6 is 22.9 Å². The van der Waals surface area contributed by atoms with Crippen molar-refractivity contribution in [1.82, 2.24) is 14.8 Å². The van der Waals surface area contributed by atoms with Crippen LogP contribution in [0.25, 0.3) is 0 Å². The molecule has 2 saturated heterocycles. The van der Waals surface area contributed by atoms with Crippen molar-refractivity contribution in [3.63, 3.8) is 0 Å². The molecule has 4 rings (SSSR count). The summed E-state index contributed by atoms with van der Waals surface area (Å²) in [6.45, 7) is 4.68. The van der Waals surface area contributed by atoms with Crippen LogP contribution in [0.1, 0.15) is 41.7 Å². The van der Waals surface area contributed by atoms with E-state index < -0.39 is 5.60 Å². The lowest BCUT2D eigenvalue weighted by atomic mass is 9.96. The lowest BCUT2D eigenvalue weighted by Gasteiger charge is -2.43. The third kappa shape index (κ3) is 5.42. The van der Waals surface area contributed by atoms with Gasteiger partial charge in [0.1, 0.15) is 23.7 Å². The van der Waals surface area contributed by atoms with Crippen molar-refractivity contribution in [1.29, 1.82) is 0 Å². The number of aromatic nitrogens is 1. The van der Waals surface area contributed by atoms with Gasteiger partial charge in [0, 0.05) is 30.0 Å². The molecule has 32 heavy (non-hydrogen) atoms. The molecule has 2 amide bonds. The van der Waals surface area contributed by atoms with E-state index in [0.717, 1.165) is 37.9 Å². The molecule has 2 aromatic rings. The van der Waals surface area contributed by atoms with Gasteiger partial charge in [-0.05, 0) is 49.9 Å². The van der Waals surface area contributed by atoms with E-state index in [0.29, 0.717) is 29.6 Å². The van der Waals surface area contributed by atoms with Gasteiger partial charge in [-0.25, -0.2) is 4.98 Å². The molecule has 1 atom stereocenters. The number of hydrogen-bond acceptors (Lipinski definition) is 6. The summed E-state index contributed by atoms with van der Waals surface area (Å²) in [4.78, 5) is 33.9. The first-order chi connectivity index (χ1) is 15.5. The van der Waals surface area contributed by atoms with Gasteiger partial charge in [-0.1, -0.05) is 11.6 Å². The molecule has 0 N–H and O–H groups in total. The highest BCUT2D eigenvalue weighted by Crippen LogP contribution is 2.28. The molecule has 7 nitrogen and oxygen atoms in total. The Kier molecular flexibility index (Phi) is 7.33. The topological polar surface area (TPSA) is 72.0 Å². The van der Waals surface area contributed by atoms with Gasteiger partial charge in [0.2, 0.25) is 5.91 Å². The fourth-order valence-electron chi connectivity index (χ4n) is 4.20. The monoisotopic (exact) mass is 477 g/mol. The summed E-state index contributed by atoms with van der Waals surface area (Å²) in [5, 5.41) is 2.41. The highest BCUT2D eigenvalue weighted by atomic mass is 35.5. The summed E-state index contributed by atoms with van der Waals surface area (Å²) in [5.74, 6) is 0.554. The predicted molar refractivity (Wildman–Crippen MR) is 123 cm³/mol. The number of rotatable bonds is 6. The van der Waals surface area contributed by atoms with Crippen LogP contribution in [0, 0.1) is 6.92 Å². The molecule has 1 unspecified atom stereocenters. The van der Waals surface area contributed by atoms with E-state index in [1.807, 2.05) is 17.9 Å². The second-order valence-corrected chi connectivity index (χ2v) is 9.58. The summed E-state index contributed by atoms with van der Waals surface area (Å²) in [6.07, 6.45) is 3.37. The maximum Gasteiger partial charge on any atom is 0.273 e. The third-order valence-electron chi connectivity index (χ3n) is 6.00. The van der Waals surface area contributed by atoms with E-state index in [4.69, 9.17) is 21.1 Å². The smallest absolute Gasteiger partial charge is 0.273 e. The zero-order valence-corrected chi connectivity index (χ0v) is 19.8.